The van der Waals surface area contributed by atoms with Crippen LogP contribution in [0.1, 0.15) is 38.7 Å². The van der Waals surface area contributed by atoms with Crippen molar-refractivity contribution in [1.82, 2.24) is 4.90 Å². The van der Waals surface area contributed by atoms with Gasteiger partial charge in [-0.2, -0.15) is 0 Å². The summed E-state index contributed by atoms with van der Waals surface area (Å²) in [7, 11) is 7.92. The topological polar surface area (TPSA) is 21.7 Å². The number of ether oxygens (including phenoxy) is 2. The van der Waals surface area contributed by atoms with Gasteiger partial charge in [-0.25, -0.2) is 0 Å². The van der Waals surface area contributed by atoms with Crippen LogP contribution in [0.15, 0.2) is 24.3 Å². The Balaban J connectivity index is 2.43. The van der Waals surface area contributed by atoms with Crippen molar-refractivity contribution in [2.45, 2.75) is 38.7 Å². The van der Waals surface area contributed by atoms with Crippen molar-refractivity contribution < 1.29 is 9.47 Å². The van der Waals surface area contributed by atoms with Crippen molar-refractivity contribution in [2.75, 3.05) is 34.9 Å². The standard InChI is InChI=1S/C20H33NO2/c1-15(2)16-10-11-18(14-21(3)4)20(13-16,23-6)17-8-7-9-19(12-17)22-5/h7-9,12,15-16,18H,10-11,13-14H2,1-6H3. The SMILES string of the molecule is COc1cccc(C2(OC)CC(C(C)C)CCC2CN(C)C)c1. The number of rotatable bonds is 6. The van der Waals surface area contributed by atoms with E-state index in [1.165, 1.54) is 18.4 Å². The van der Waals surface area contributed by atoms with Crippen LogP contribution in [-0.2, 0) is 10.3 Å². The van der Waals surface area contributed by atoms with E-state index >= 15 is 0 Å². The van der Waals surface area contributed by atoms with E-state index in [0.29, 0.717) is 17.8 Å². The molecule has 0 radical (unpaired) electrons. The lowest BCUT2D eigenvalue weighted by Crippen LogP contribution is -2.47. The van der Waals surface area contributed by atoms with Gasteiger partial charge >= 0.3 is 0 Å². The summed E-state index contributed by atoms with van der Waals surface area (Å²) in [5, 5.41) is 0. The molecule has 3 heteroatoms. The zero-order valence-electron chi connectivity index (χ0n) is 15.6. The molecule has 0 bridgehead atoms. The van der Waals surface area contributed by atoms with Crippen LogP contribution < -0.4 is 4.74 Å². The molecule has 3 atom stereocenters. The van der Waals surface area contributed by atoms with Crippen LogP contribution in [0.25, 0.3) is 0 Å². The lowest BCUT2D eigenvalue weighted by atomic mass is 9.65. The molecule has 1 aromatic carbocycles. The minimum atomic E-state index is -0.216. The number of methoxy groups -OCH3 is 2. The molecule has 1 saturated carbocycles. The van der Waals surface area contributed by atoms with Crippen molar-refractivity contribution >= 4 is 0 Å². The van der Waals surface area contributed by atoms with Crippen molar-refractivity contribution in [3.63, 3.8) is 0 Å². The predicted octanol–water partition coefficient (Wildman–Crippen LogP) is 4.17. The Morgan fingerprint density at radius 3 is 2.52 bits per heavy atom. The Kier molecular flexibility index (Phi) is 6.10. The van der Waals surface area contributed by atoms with E-state index in [-0.39, 0.29) is 5.60 Å². The van der Waals surface area contributed by atoms with Crippen LogP contribution in [0.3, 0.4) is 0 Å². The second-order valence-corrected chi connectivity index (χ2v) is 7.57. The molecule has 130 valence electrons. The molecule has 0 heterocycles. The fraction of sp³-hybridized carbons (Fsp3) is 0.700. The summed E-state index contributed by atoms with van der Waals surface area (Å²) in [4.78, 5) is 2.29. The third-order valence-corrected chi connectivity index (χ3v) is 5.56. The van der Waals surface area contributed by atoms with Gasteiger partial charge in [-0.15, -0.1) is 0 Å². The minimum Gasteiger partial charge on any atom is -0.497 e. The van der Waals surface area contributed by atoms with Crippen molar-refractivity contribution in [1.29, 1.82) is 0 Å². The average Bonchev–Trinajstić information content (AvgIpc) is 2.54. The maximum atomic E-state index is 6.28. The summed E-state index contributed by atoms with van der Waals surface area (Å²) in [6.07, 6.45) is 3.60. The monoisotopic (exact) mass is 319 g/mol. The molecule has 23 heavy (non-hydrogen) atoms. The first-order valence-electron chi connectivity index (χ1n) is 8.77. The van der Waals surface area contributed by atoms with Gasteiger partial charge in [0.25, 0.3) is 0 Å². The van der Waals surface area contributed by atoms with Gasteiger partial charge in [0.1, 0.15) is 5.75 Å². The molecule has 0 N–H and O–H groups in total. The van der Waals surface area contributed by atoms with Crippen LogP contribution in [0.2, 0.25) is 0 Å². The number of hydrogen-bond donors (Lipinski definition) is 0. The molecule has 0 saturated heterocycles. The van der Waals surface area contributed by atoms with Crippen LogP contribution in [0.5, 0.6) is 5.75 Å². The van der Waals surface area contributed by atoms with Gasteiger partial charge < -0.3 is 14.4 Å². The highest BCUT2D eigenvalue weighted by molar-refractivity contribution is 5.34. The van der Waals surface area contributed by atoms with E-state index in [4.69, 9.17) is 9.47 Å². The molecule has 0 aliphatic heterocycles. The Labute approximate surface area is 142 Å². The summed E-state index contributed by atoms with van der Waals surface area (Å²) in [5.74, 6) is 2.81. The molecular formula is C20H33NO2. The smallest absolute Gasteiger partial charge is 0.119 e. The van der Waals surface area contributed by atoms with E-state index in [2.05, 4.69) is 51.0 Å². The number of benzene rings is 1. The molecule has 1 aliphatic rings. The first-order valence-corrected chi connectivity index (χ1v) is 8.77. The first-order chi connectivity index (χ1) is 10.9. The molecule has 2 rings (SSSR count). The van der Waals surface area contributed by atoms with Gasteiger partial charge in [-0.1, -0.05) is 26.0 Å². The fourth-order valence-electron chi connectivity index (χ4n) is 4.16. The molecule has 0 aromatic heterocycles. The van der Waals surface area contributed by atoms with Crippen LogP contribution in [-0.4, -0.2) is 39.8 Å². The highest BCUT2D eigenvalue weighted by Crippen LogP contribution is 2.49. The Bertz CT molecular complexity index is 500. The maximum Gasteiger partial charge on any atom is 0.119 e. The molecular weight excluding hydrogens is 286 g/mol. The largest absolute Gasteiger partial charge is 0.497 e. The van der Waals surface area contributed by atoms with Crippen LogP contribution in [0, 0.1) is 17.8 Å². The normalized spacial score (nSPS) is 28.3. The van der Waals surface area contributed by atoms with E-state index in [9.17, 15) is 0 Å². The zero-order valence-corrected chi connectivity index (χ0v) is 15.6. The highest BCUT2D eigenvalue weighted by atomic mass is 16.5. The second kappa shape index (κ2) is 7.67. The third kappa shape index (κ3) is 3.89. The zero-order chi connectivity index (χ0) is 17.0. The second-order valence-electron chi connectivity index (χ2n) is 7.57. The van der Waals surface area contributed by atoms with Crippen molar-refractivity contribution in [3.05, 3.63) is 29.8 Å². The van der Waals surface area contributed by atoms with Gasteiger partial charge in [0.2, 0.25) is 0 Å². The van der Waals surface area contributed by atoms with Crippen LogP contribution in [0.4, 0.5) is 0 Å². The predicted molar refractivity (Wildman–Crippen MR) is 95.9 cm³/mol. The van der Waals surface area contributed by atoms with Gasteiger partial charge in [0, 0.05) is 19.6 Å². The third-order valence-electron chi connectivity index (χ3n) is 5.56. The van der Waals surface area contributed by atoms with E-state index in [1.807, 2.05) is 13.2 Å². The lowest BCUT2D eigenvalue weighted by Gasteiger charge is -2.48. The maximum absolute atomic E-state index is 6.28. The summed E-state index contributed by atoms with van der Waals surface area (Å²) >= 11 is 0. The van der Waals surface area contributed by atoms with E-state index in [0.717, 1.165) is 18.7 Å². The summed E-state index contributed by atoms with van der Waals surface area (Å²) in [6, 6.07) is 8.46. The Morgan fingerprint density at radius 2 is 1.96 bits per heavy atom. The van der Waals surface area contributed by atoms with Gasteiger partial charge in [0.15, 0.2) is 0 Å². The Morgan fingerprint density at radius 1 is 1.22 bits per heavy atom. The fourth-order valence-corrected chi connectivity index (χ4v) is 4.16. The van der Waals surface area contributed by atoms with Gasteiger partial charge in [0.05, 0.1) is 12.7 Å². The van der Waals surface area contributed by atoms with Gasteiger partial charge in [-0.3, -0.25) is 0 Å². The van der Waals surface area contributed by atoms with Crippen molar-refractivity contribution in [3.8, 4) is 5.75 Å². The lowest BCUT2D eigenvalue weighted by molar-refractivity contribution is -0.115. The quantitative estimate of drug-likeness (QED) is 0.785. The Hall–Kier alpha value is -1.06. The van der Waals surface area contributed by atoms with Crippen molar-refractivity contribution in [2.24, 2.45) is 17.8 Å². The molecule has 0 amide bonds. The van der Waals surface area contributed by atoms with Gasteiger partial charge in [-0.05, 0) is 62.9 Å². The highest BCUT2D eigenvalue weighted by Gasteiger charge is 2.46. The number of nitrogens with zero attached hydrogens (tertiary/aromatic N) is 1. The minimum absolute atomic E-state index is 0.216. The van der Waals surface area contributed by atoms with E-state index in [1.54, 1.807) is 7.11 Å². The molecule has 0 spiro atoms. The molecule has 1 aliphatic carbocycles. The summed E-state index contributed by atoms with van der Waals surface area (Å²) in [6.45, 7) is 5.72. The summed E-state index contributed by atoms with van der Waals surface area (Å²) in [5.41, 5.74) is 1.04. The van der Waals surface area contributed by atoms with E-state index < -0.39 is 0 Å². The molecule has 1 fully saturated rings. The average molecular weight is 319 g/mol. The first kappa shape index (κ1) is 18.3. The molecule has 3 nitrogen and oxygen atoms in total. The molecule has 3 unspecified atom stereocenters. The summed E-state index contributed by atoms with van der Waals surface area (Å²) < 4.78 is 11.7. The molecule has 1 aromatic rings. The van der Waals surface area contributed by atoms with Crippen LogP contribution >= 0.6 is 0 Å². The number of hydrogen-bond acceptors (Lipinski definition) is 3.